The number of amides is 1. The van der Waals surface area contributed by atoms with E-state index in [2.05, 4.69) is 17.1 Å². The lowest BCUT2D eigenvalue weighted by atomic mass is 10.2. The molecule has 0 aliphatic heterocycles. The zero-order valence-corrected chi connectivity index (χ0v) is 13.0. The van der Waals surface area contributed by atoms with Gasteiger partial charge in [-0.3, -0.25) is 9.69 Å². The number of rotatable bonds is 6. The van der Waals surface area contributed by atoms with Crippen LogP contribution in [0.25, 0.3) is 0 Å². The Morgan fingerprint density at radius 2 is 2.15 bits per heavy atom. The van der Waals surface area contributed by atoms with Crippen LogP contribution in [0.2, 0.25) is 10.0 Å². The number of carbonyl (C=O) groups is 1. The van der Waals surface area contributed by atoms with Gasteiger partial charge in [0.1, 0.15) is 0 Å². The average molecular weight is 316 g/mol. The molecule has 0 atom stereocenters. The van der Waals surface area contributed by atoms with Crippen LogP contribution in [0.1, 0.15) is 26.2 Å². The van der Waals surface area contributed by atoms with E-state index in [0.29, 0.717) is 34.0 Å². The molecule has 1 amide bonds. The van der Waals surface area contributed by atoms with E-state index in [1.165, 1.54) is 12.8 Å². The van der Waals surface area contributed by atoms with Gasteiger partial charge in [0.15, 0.2) is 0 Å². The maximum Gasteiger partial charge on any atom is 0.238 e. The van der Waals surface area contributed by atoms with Gasteiger partial charge < -0.3 is 11.1 Å². The third-order valence-corrected chi connectivity index (χ3v) is 3.79. The number of hydrogen-bond acceptors (Lipinski definition) is 3. The molecule has 0 saturated heterocycles. The fraction of sp³-hybridized carbons (Fsp3) is 0.500. The predicted molar refractivity (Wildman–Crippen MR) is 84.4 cm³/mol. The minimum absolute atomic E-state index is 0.0960. The lowest BCUT2D eigenvalue weighted by Gasteiger charge is -2.21. The molecule has 6 heteroatoms. The molecule has 0 bridgehead atoms. The summed E-state index contributed by atoms with van der Waals surface area (Å²) in [6.07, 6.45) is 3.39. The van der Waals surface area contributed by atoms with Crippen molar-refractivity contribution in [2.24, 2.45) is 0 Å². The number of benzene rings is 1. The summed E-state index contributed by atoms with van der Waals surface area (Å²) in [5.74, 6) is -0.0960. The Morgan fingerprint density at radius 3 is 2.70 bits per heavy atom. The van der Waals surface area contributed by atoms with Gasteiger partial charge in [0.2, 0.25) is 5.91 Å². The molecular formula is C14H19Cl2N3O. The van der Waals surface area contributed by atoms with Crippen molar-refractivity contribution in [1.82, 2.24) is 4.90 Å². The first-order chi connectivity index (χ1) is 9.51. The quantitative estimate of drug-likeness (QED) is 0.791. The minimum Gasteiger partial charge on any atom is -0.397 e. The highest BCUT2D eigenvalue weighted by Gasteiger charge is 2.29. The molecule has 1 aromatic rings. The van der Waals surface area contributed by atoms with Gasteiger partial charge in [-0.2, -0.15) is 0 Å². The van der Waals surface area contributed by atoms with E-state index in [-0.39, 0.29) is 5.91 Å². The zero-order chi connectivity index (χ0) is 14.7. The van der Waals surface area contributed by atoms with E-state index < -0.39 is 0 Å². The average Bonchev–Trinajstić information content (AvgIpc) is 3.17. The van der Waals surface area contributed by atoms with Gasteiger partial charge in [0.05, 0.1) is 22.9 Å². The molecule has 1 saturated carbocycles. The van der Waals surface area contributed by atoms with Crippen LogP contribution in [-0.4, -0.2) is 29.9 Å². The Kier molecular flexibility index (Phi) is 5.13. The molecule has 4 nitrogen and oxygen atoms in total. The first kappa shape index (κ1) is 15.4. The van der Waals surface area contributed by atoms with Crippen molar-refractivity contribution < 1.29 is 4.79 Å². The Labute approximate surface area is 129 Å². The molecule has 0 spiro atoms. The molecular weight excluding hydrogens is 297 g/mol. The number of nitrogens with one attached hydrogen (secondary N) is 1. The first-order valence-electron chi connectivity index (χ1n) is 6.79. The maximum atomic E-state index is 12.1. The second-order valence-corrected chi connectivity index (χ2v) is 5.95. The van der Waals surface area contributed by atoms with Gasteiger partial charge in [-0.1, -0.05) is 30.1 Å². The largest absolute Gasteiger partial charge is 0.397 e. The highest BCUT2D eigenvalue weighted by Crippen LogP contribution is 2.32. The van der Waals surface area contributed by atoms with Crippen LogP contribution in [0.3, 0.4) is 0 Å². The van der Waals surface area contributed by atoms with Crippen LogP contribution in [-0.2, 0) is 4.79 Å². The lowest BCUT2D eigenvalue weighted by Crippen LogP contribution is -2.35. The molecule has 20 heavy (non-hydrogen) atoms. The topological polar surface area (TPSA) is 58.4 Å². The third kappa shape index (κ3) is 4.01. The molecule has 2 rings (SSSR count). The van der Waals surface area contributed by atoms with Crippen molar-refractivity contribution >= 4 is 40.5 Å². The van der Waals surface area contributed by atoms with Gasteiger partial charge >= 0.3 is 0 Å². The molecule has 1 aliphatic rings. The normalized spacial score (nSPS) is 14.6. The predicted octanol–water partition coefficient (Wildman–Crippen LogP) is 3.39. The number of anilines is 2. The van der Waals surface area contributed by atoms with E-state index in [1.54, 1.807) is 12.1 Å². The van der Waals surface area contributed by atoms with E-state index in [9.17, 15) is 4.79 Å². The summed E-state index contributed by atoms with van der Waals surface area (Å²) >= 11 is 11.9. The van der Waals surface area contributed by atoms with Crippen LogP contribution < -0.4 is 11.1 Å². The van der Waals surface area contributed by atoms with Crippen molar-refractivity contribution in [2.45, 2.75) is 32.2 Å². The van der Waals surface area contributed by atoms with Gasteiger partial charge in [-0.15, -0.1) is 0 Å². The van der Waals surface area contributed by atoms with Gasteiger partial charge in [0.25, 0.3) is 0 Å². The Balaban J connectivity index is 2.00. The molecule has 0 unspecified atom stereocenters. The van der Waals surface area contributed by atoms with Gasteiger partial charge in [-0.25, -0.2) is 0 Å². The first-order valence-corrected chi connectivity index (χ1v) is 7.55. The number of nitrogen functional groups attached to an aromatic ring is 1. The molecule has 110 valence electrons. The second kappa shape index (κ2) is 6.66. The van der Waals surface area contributed by atoms with E-state index in [0.717, 1.165) is 13.0 Å². The van der Waals surface area contributed by atoms with Crippen LogP contribution in [0.15, 0.2) is 12.1 Å². The Bertz CT molecular complexity index is 480. The maximum absolute atomic E-state index is 12.1. The summed E-state index contributed by atoms with van der Waals surface area (Å²) in [7, 11) is 0. The van der Waals surface area contributed by atoms with E-state index in [1.807, 2.05) is 0 Å². The van der Waals surface area contributed by atoms with Crippen molar-refractivity contribution in [3.63, 3.8) is 0 Å². The fourth-order valence-electron chi connectivity index (χ4n) is 2.21. The van der Waals surface area contributed by atoms with Crippen LogP contribution in [0.4, 0.5) is 11.4 Å². The highest BCUT2D eigenvalue weighted by atomic mass is 35.5. The van der Waals surface area contributed by atoms with Crippen LogP contribution in [0, 0.1) is 0 Å². The molecule has 3 N–H and O–H groups in total. The number of nitrogens with two attached hydrogens (primary N) is 1. The molecule has 1 aromatic carbocycles. The third-order valence-electron chi connectivity index (χ3n) is 3.27. The Hall–Kier alpha value is -0.970. The summed E-state index contributed by atoms with van der Waals surface area (Å²) in [4.78, 5) is 14.3. The van der Waals surface area contributed by atoms with Gasteiger partial charge in [0, 0.05) is 11.1 Å². The van der Waals surface area contributed by atoms with Crippen molar-refractivity contribution in [3.05, 3.63) is 22.2 Å². The fourth-order valence-corrected chi connectivity index (χ4v) is 2.76. The van der Waals surface area contributed by atoms with Crippen molar-refractivity contribution in [2.75, 3.05) is 24.1 Å². The SMILES string of the molecule is CCCN(CC(=O)Nc1c(N)cc(Cl)cc1Cl)C1CC1. The number of nitrogens with zero attached hydrogens (tertiary/aromatic N) is 1. The summed E-state index contributed by atoms with van der Waals surface area (Å²) in [6, 6.07) is 3.70. The summed E-state index contributed by atoms with van der Waals surface area (Å²) in [5, 5.41) is 3.59. The lowest BCUT2D eigenvalue weighted by molar-refractivity contribution is -0.117. The highest BCUT2D eigenvalue weighted by molar-refractivity contribution is 6.37. The Morgan fingerprint density at radius 1 is 1.45 bits per heavy atom. The summed E-state index contributed by atoms with van der Waals surface area (Å²) in [6.45, 7) is 3.42. The van der Waals surface area contributed by atoms with E-state index >= 15 is 0 Å². The molecule has 0 aromatic heterocycles. The summed E-state index contributed by atoms with van der Waals surface area (Å²) in [5.41, 5.74) is 6.65. The standard InChI is InChI=1S/C14H19Cl2N3O/c1-2-5-19(10-3-4-10)8-13(20)18-14-11(16)6-9(15)7-12(14)17/h6-7,10H,2-5,8,17H2,1H3,(H,18,20). The number of carbonyl (C=O) groups excluding carboxylic acids is 1. The van der Waals surface area contributed by atoms with Crippen LogP contribution >= 0.6 is 23.2 Å². The number of halogens is 2. The smallest absolute Gasteiger partial charge is 0.238 e. The monoisotopic (exact) mass is 315 g/mol. The number of hydrogen-bond donors (Lipinski definition) is 2. The minimum atomic E-state index is -0.0960. The van der Waals surface area contributed by atoms with Crippen molar-refractivity contribution in [1.29, 1.82) is 0 Å². The molecule has 1 aliphatic carbocycles. The zero-order valence-electron chi connectivity index (χ0n) is 11.5. The van der Waals surface area contributed by atoms with E-state index in [4.69, 9.17) is 28.9 Å². The van der Waals surface area contributed by atoms with Gasteiger partial charge in [-0.05, 0) is 37.9 Å². The summed E-state index contributed by atoms with van der Waals surface area (Å²) < 4.78 is 0. The molecule has 1 fully saturated rings. The molecule has 0 radical (unpaired) electrons. The second-order valence-electron chi connectivity index (χ2n) is 5.10. The van der Waals surface area contributed by atoms with Crippen molar-refractivity contribution in [3.8, 4) is 0 Å². The van der Waals surface area contributed by atoms with Crippen LogP contribution in [0.5, 0.6) is 0 Å². The molecule has 0 heterocycles.